The van der Waals surface area contributed by atoms with E-state index in [9.17, 15) is 4.79 Å². The lowest BCUT2D eigenvalue weighted by molar-refractivity contribution is -0.169. The maximum Gasteiger partial charge on any atom is 0.233 e. The van der Waals surface area contributed by atoms with Gasteiger partial charge in [-0.15, -0.1) is 0 Å². The SMILES string of the molecule is CCc1cnc(C2=CN(N)C3NC=C(Cl)C=C23)nc1N[C@H]1CCCN(C(=O)C2(C)COC2)C1. The molecular weight excluding hydrogens is 442 g/mol. The number of carbonyl (C=O) groups excluding carboxylic acids is 1. The number of ether oxygens (including phenoxy) is 1. The molecule has 0 aliphatic carbocycles. The zero-order valence-electron chi connectivity index (χ0n) is 19.0. The van der Waals surface area contributed by atoms with Crippen LogP contribution in [0, 0.1) is 5.41 Å². The lowest BCUT2D eigenvalue weighted by atomic mass is 9.86. The Balaban J connectivity index is 1.36. The van der Waals surface area contributed by atoms with Crippen LogP contribution in [-0.2, 0) is 16.0 Å². The molecule has 9 nitrogen and oxygen atoms in total. The molecule has 0 spiro atoms. The van der Waals surface area contributed by atoms with E-state index in [1.807, 2.05) is 30.3 Å². The molecule has 33 heavy (non-hydrogen) atoms. The maximum absolute atomic E-state index is 13.0. The fourth-order valence-corrected chi connectivity index (χ4v) is 4.96. The van der Waals surface area contributed by atoms with Gasteiger partial charge in [0.2, 0.25) is 5.91 Å². The van der Waals surface area contributed by atoms with E-state index in [2.05, 4.69) is 22.5 Å². The number of hydrazine groups is 1. The summed E-state index contributed by atoms with van der Waals surface area (Å²) in [7, 11) is 0. The molecular formula is C23H30ClN7O2. The fraction of sp³-hybridized carbons (Fsp3) is 0.522. The van der Waals surface area contributed by atoms with E-state index in [-0.39, 0.29) is 23.5 Å². The number of likely N-dealkylation sites (tertiary alicyclic amines) is 1. The van der Waals surface area contributed by atoms with Crippen LogP contribution < -0.4 is 16.5 Å². The molecule has 0 aromatic carbocycles. The zero-order valence-corrected chi connectivity index (χ0v) is 19.7. The van der Waals surface area contributed by atoms with Crippen LogP contribution in [0.15, 0.2) is 35.3 Å². The Morgan fingerprint density at radius 1 is 1.45 bits per heavy atom. The Morgan fingerprint density at radius 2 is 2.27 bits per heavy atom. The Kier molecular flexibility index (Phi) is 5.80. The number of rotatable bonds is 5. The zero-order chi connectivity index (χ0) is 23.2. The number of allylic oxidation sites excluding steroid dienone is 2. The largest absolute Gasteiger partial charge is 0.379 e. The minimum atomic E-state index is -0.379. The van der Waals surface area contributed by atoms with Gasteiger partial charge in [0.1, 0.15) is 12.0 Å². The van der Waals surface area contributed by atoms with Gasteiger partial charge in [0.25, 0.3) is 0 Å². The number of nitrogens with zero attached hydrogens (tertiary/aromatic N) is 4. The summed E-state index contributed by atoms with van der Waals surface area (Å²) in [6.45, 7) is 6.54. The summed E-state index contributed by atoms with van der Waals surface area (Å²) in [5.41, 5.74) is 2.43. The molecule has 1 aromatic rings. The van der Waals surface area contributed by atoms with Crippen molar-refractivity contribution in [3.05, 3.63) is 46.7 Å². The molecule has 0 saturated carbocycles. The quantitative estimate of drug-likeness (QED) is 0.559. The lowest BCUT2D eigenvalue weighted by Crippen LogP contribution is -2.56. The summed E-state index contributed by atoms with van der Waals surface area (Å²) in [4.78, 5) is 24.5. The van der Waals surface area contributed by atoms with Crippen LogP contribution in [0.5, 0.6) is 0 Å². The minimum absolute atomic E-state index is 0.129. The summed E-state index contributed by atoms with van der Waals surface area (Å²) < 4.78 is 5.30. The first-order chi connectivity index (χ1) is 15.9. The summed E-state index contributed by atoms with van der Waals surface area (Å²) in [6, 6.07) is 0.129. The van der Waals surface area contributed by atoms with Crippen LogP contribution in [0.2, 0.25) is 0 Å². The van der Waals surface area contributed by atoms with Crippen LogP contribution in [-0.4, -0.2) is 64.3 Å². The molecule has 1 unspecified atom stereocenters. The number of dihydropyridines is 1. The van der Waals surface area contributed by atoms with Crippen molar-refractivity contribution in [3.8, 4) is 0 Å². The van der Waals surface area contributed by atoms with Crippen molar-refractivity contribution in [2.45, 2.75) is 45.3 Å². The van der Waals surface area contributed by atoms with Gasteiger partial charge in [-0.1, -0.05) is 18.5 Å². The number of hydrogen-bond donors (Lipinski definition) is 3. The summed E-state index contributed by atoms with van der Waals surface area (Å²) >= 11 is 6.22. The second-order valence-corrected chi connectivity index (χ2v) is 9.83. The Labute approximate surface area is 198 Å². The molecule has 10 heteroatoms. The number of fused-ring (bicyclic) bond motifs is 1. The Hall–Kier alpha value is -2.62. The second-order valence-electron chi connectivity index (χ2n) is 9.40. The molecule has 4 aliphatic heterocycles. The number of aromatic nitrogens is 2. The predicted molar refractivity (Wildman–Crippen MR) is 127 cm³/mol. The van der Waals surface area contributed by atoms with Gasteiger partial charge in [-0.3, -0.25) is 9.80 Å². The molecule has 4 aliphatic rings. The van der Waals surface area contributed by atoms with Crippen molar-refractivity contribution in [3.63, 3.8) is 0 Å². The normalized spacial score (nSPS) is 25.9. The van der Waals surface area contributed by atoms with E-state index in [4.69, 9.17) is 27.2 Å². The first-order valence-corrected chi connectivity index (χ1v) is 11.8. The lowest BCUT2D eigenvalue weighted by Gasteiger charge is -2.43. The third kappa shape index (κ3) is 4.09. The van der Waals surface area contributed by atoms with E-state index in [0.717, 1.165) is 48.3 Å². The molecule has 2 atom stereocenters. The maximum atomic E-state index is 13.0. The van der Waals surface area contributed by atoms with Gasteiger partial charge in [0.05, 0.1) is 23.7 Å². The smallest absolute Gasteiger partial charge is 0.233 e. The van der Waals surface area contributed by atoms with Crippen LogP contribution in [0.1, 0.15) is 38.1 Å². The first kappa shape index (κ1) is 22.2. The van der Waals surface area contributed by atoms with E-state index < -0.39 is 0 Å². The monoisotopic (exact) mass is 471 g/mol. The molecule has 176 valence electrons. The molecule has 1 amide bonds. The van der Waals surface area contributed by atoms with E-state index in [1.54, 1.807) is 11.2 Å². The number of nitrogens with two attached hydrogens (primary N) is 1. The van der Waals surface area contributed by atoms with Crippen molar-refractivity contribution in [2.24, 2.45) is 11.3 Å². The highest BCUT2D eigenvalue weighted by molar-refractivity contribution is 6.31. The molecule has 5 heterocycles. The van der Waals surface area contributed by atoms with Gasteiger partial charge in [-0.25, -0.2) is 15.8 Å². The molecule has 5 rings (SSSR count). The van der Waals surface area contributed by atoms with Gasteiger partial charge in [-0.2, -0.15) is 0 Å². The van der Waals surface area contributed by atoms with Gasteiger partial charge in [0.15, 0.2) is 5.82 Å². The number of nitrogens with one attached hydrogen (secondary N) is 2. The number of amides is 1. The van der Waals surface area contributed by atoms with Gasteiger partial charge in [0, 0.05) is 54.4 Å². The topological polar surface area (TPSA) is 109 Å². The standard InChI is InChI=1S/C23H30ClN7O2/c1-3-14-8-26-20(18-11-31(25)21-17(18)7-15(24)9-27-21)29-19(14)28-16-5-4-6-30(10-16)22(32)23(2)12-33-13-23/h7-9,11,16,21,27H,3-6,10,12-13,25H2,1-2H3,(H,26,28,29)/t16-,21?/m0/s1. The van der Waals surface area contributed by atoms with E-state index in [1.165, 1.54) is 0 Å². The minimum Gasteiger partial charge on any atom is -0.379 e. The average Bonchev–Trinajstić information content (AvgIpc) is 3.12. The number of halogens is 1. The highest BCUT2D eigenvalue weighted by atomic mass is 35.5. The van der Waals surface area contributed by atoms with E-state index >= 15 is 0 Å². The van der Waals surface area contributed by atoms with Crippen molar-refractivity contribution >= 4 is 28.9 Å². The van der Waals surface area contributed by atoms with Crippen molar-refractivity contribution in [1.29, 1.82) is 0 Å². The Morgan fingerprint density at radius 3 is 3.00 bits per heavy atom. The molecule has 2 saturated heterocycles. The third-order valence-corrected chi connectivity index (χ3v) is 6.97. The number of anilines is 1. The van der Waals surface area contributed by atoms with Crippen LogP contribution >= 0.6 is 11.6 Å². The predicted octanol–water partition coefficient (Wildman–Crippen LogP) is 1.94. The molecule has 0 radical (unpaired) electrons. The number of hydrogen-bond acceptors (Lipinski definition) is 8. The summed E-state index contributed by atoms with van der Waals surface area (Å²) in [5, 5.41) is 9.00. The molecule has 0 bridgehead atoms. The number of aryl methyl sites for hydroxylation is 1. The molecule has 4 N–H and O–H groups in total. The Bertz CT molecular complexity index is 1050. The number of piperidine rings is 1. The fourth-order valence-electron chi connectivity index (χ4n) is 4.78. The van der Waals surface area contributed by atoms with Crippen LogP contribution in [0.4, 0.5) is 5.82 Å². The highest BCUT2D eigenvalue weighted by Gasteiger charge is 2.44. The van der Waals surface area contributed by atoms with Crippen molar-refractivity contribution in [2.75, 3.05) is 31.6 Å². The van der Waals surface area contributed by atoms with E-state index in [0.29, 0.717) is 30.6 Å². The average molecular weight is 472 g/mol. The van der Waals surface area contributed by atoms with Gasteiger partial charge in [-0.05, 0) is 32.3 Å². The first-order valence-electron chi connectivity index (χ1n) is 11.5. The van der Waals surface area contributed by atoms with Crippen LogP contribution in [0.3, 0.4) is 0 Å². The van der Waals surface area contributed by atoms with Gasteiger partial charge >= 0.3 is 0 Å². The summed E-state index contributed by atoms with van der Waals surface area (Å²) in [6.07, 6.45) is 9.87. The molecule has 2 fully saturated rings. The van der Waals surface area contributed by atoms with Crippen molar-refractivity contribution in [1.82, 2.24) is 25.2 Å². The van der Waals surface area contributed by atoms with Crippen LogP contribution in [0.25, 0.3) is 5.57 Å². The second kappa shape index (κ2) is 8.62. The molecule has 1 aromatic heterocycles. The summed E-state index contributed by atoms with van der Waals surface area (Å²) in [5.74, 6) is 7.75. The highest BCUT2D eigenvalue weighted by Crippen LogP contribution is 2.35. The van der Waals surface area contributed by atoms with Gasteiger partial charge < -0.3 is 20.3 Å². The van der Waals surface area contributed by atoms with Crippen molar-refractivity contribution < 1.29 is 9.53 Å². The number of carbonyl (C=O) groups is 1. The third-order valence-electron chi connectivity index (χ3n) is 6.75.